The minimum Gasteiger partial charge on any atom is -0.343 e. The Morgan fingerprint density at radius 3 is 2.23 bits per heavy atom. The molecule has 6 nitrogen and oxygen atoms in total. The molecule has 2 heterocycles. The normalized spacial score (nSPS) is 18.5. The van der Waals surface area contributed by atoms with Crippen LogP contribution in [0.2, 0.25) is 0 Å². The molecule has 1 N–H and O–H groups in total. The first-order valence-corrected chi connectivity index (χ1v) is 11.3. The molecule has 0 unspecified atom stereocenters. The first-order chi connectivity index (χ1) is 14.4. The van der Waals surface area contributed by atoms with Crippen LogP contribution in [0, 0.1) is 18.8 Å². The SMILES string of the molecule is Cc1ccccc1C(=O)N[C@@H](C(=O)N1CCCC1)C1CCN(C(=O)CC(C)C)CC1. The summed E-state index contributed by atoms with van der Waals surface area (Å²) in [5.74, 6) is 0.419. The summed E-state index contributed by atoms with van der Waals surface area (Å²) < 4.78 is 0. The molecule has 0 radical (unpaired) electrons. The van der Waals surface area contributed by atoms with E-state index in [0.717, 1.165) is 44.3 Å². The van der Waals surface area contributed by atoms with Crippen molar-refractivity contribution in [3.8, 4) is 0 Å². The molecule has 2 fully saturated rings. The van der Waals surface area contributed by atoms with Crippen LogP contribution in [0.1, 0.15) is 61.9 Å². The number of likely N-dealkylation sites (tertiary alicyclic amines) is 2. The summed E-state index contributed by atoms with van der Waals surface area (Å²) in [5.41, 5.74) is 1.51. The van der Waals surface area contributed by atoms with Gasteiger partial charge in [0, 0.05) is 38.2 Å². The fourth-order valence-electron chi connectivity index (χ4n) is 4.52. The Hall–Kier alpha value is -2.37. The fourth-order valence-corrected chi connectivity index (χ4v) is 4.52. The molecular formula is C24H35N3O3. The lowest BCUT2D eigenvalue weighted by Gasteiger charge is -2.37. The molecule has 3 amide bonds. The van der Waals surface area contributed by atoms with Gasteiger partial charge >= 0.3 is 0 Å². The average Bonchev–Trinajstić information content (AvgIpc) is 3.26. The van der Waals surface area contributed by atoms with E-state index >= 15 is 0 Å². The highest BCUT2D eigenvalue weighted by Gasteiger charge is 2.37. The molecule has 30 heavy (non-hydrogen) atoms. The van der Waals surface area contributed by atoms with E-state index in [9.17, 15) is 14.4 Å². The average molecular weight is 414 g/mol. The molecule has 2 aliphatic rings. The number of rotatable bonds is 6. The van der Waals surface area contributed by atoms with Gasteiger partial charge in [0.05, 0.1) is 0 Å². The third-order valence-electron chi connectivity index (χ3n) is 6.31. The molecule has 0 aliphatic carbocycles. The minimum absolute atomic E-state index is 0.0291. The third kappa shape index (κ3) is 5.41. The molecule has 6 heteroatoms. The smallest absolute Gasteiger partial charge is 0.252 e. The Morgan fingerprint density at radius 2 is 1.63 bits per heavy atom. The number of piperidine rings is 1. The van der Waals surface area contributed by atoms with Gasteiger partial charge in [-0.1, -0.05) is 32.0 Å². The van der Waals surface area contributed by atoms with Crippen molar-refractivity contribution in [1.29, 1.82) is 0 Å². The van der Waals surface area contributed by atoms with Gasteiger partial charge < -0.3 is 15.1 Å². The largest absolute Gasteiger partial charge is 0.343 e. The zero-order chi connectivity index (χ0) is 21.7. The number of carbonyl (C=O) groups excluding carboxylic acids is 3. The molecular weight excluding hydrogens is 378 g/mol. The van der Waals surface area contributed by atoms with Gasteiger partial charge in [0.25, 0.3) is 5.91 Å². The minimum atomic E-state index is -0.530. The van der Waals surface area contributed by atoms with Gasteiger partial charge in [-0.05, 0) is 56.1 Å². The Morgan fingerprint density at radius 1 is 1.00 bits per heavy atom. The summed E-state index contributed by atoms with van der Waals surface area (Å²) in [5, 5.41) is 3.06. The van der Waals surface area contributed by atoms with Crippen LogP contribution in [0.15, 0.2) is 24.3 Å². The van der Waals surface area contributed by atoms with Crippen molar-refractivity contribution in [3.63, 3.8) is 0 Å². The van der Waals surface area contributed by atoms with Gasteiger partial charge in [-0.2, -0.15) is 0 Å². The number of carbonyl (C=O) groups is 3. The van der Waals surface area contributed by atoms with Crippen LogP contribution in [-0.4, -0.2) is 59.7 Å². The predicted molar refractivity (Wildman–Crippen MR) is 117 cm³/mol. The number of amides is 3. The highest BCUT2D eigenvalue weighted by atomic mass is 16.2. The third-order valence-corrected chi connectivity index (χ3v) is 6.31. The monoisotopic (exact) mass is 413 g/mol. The Labute approximate surface area is 180 Å². The van der Waals surface area contributed by atoms with Gasteiger partial charge in [-0.25, -0.2) is 0 Å². The van der Waals surface area contributed by atoms with Gasteiger partial charge in [0.1, 0.15) is 6.04 Å². The molecule has 1 aromatic carbocycles. The first kappa shape index (κ1) is 22.3. The Balaban J connectivity index is 1.70. The van der Waals surface area contributed by atoms with Gasteiger partial charge in [-0.3, -0.25) is 14.4 Å². The van der Waals surface area contributed by atoms with Crippen LogP contribution in [0.4, 0.5) is 0 Å². The molecule has 1 aromatic rings. The lowest BCUT2D eigenvalue weighted by molar-refractivity contribution is -0.135. The maximum atomic E-state index is 13.3. The summed E-state index contributed by atoms with van der Waals surface area (Å²) in [4.78, 5) is 42.5. The van der Waals surface area contributed by atoms with Crippen LogP contribution in [0.3, 0.4) is 0 Å². The number of nitrogens with zero attached hydrogens (tertiary/aromatic N) is 2. The molecule has 3 rings (SSSR count). The van der Waals surface area contributed by atoms with Crippen molar-refractivity contribution >= 4 is 17.7 Å². The van der Waals surface area contributed by atoms with E-state index in [1.54, 1.807) is 6.07 Å². The van der Waals surface area contributed by atoms with Gasteiger partial charge in [0.2, 0.25) is 11.8 Å². The van der Waals surface area contributed by atoms with Crippen molar-refractivity contribution in [3.05, 3.63) is 35.4 Å². The summed E-state index contributed by atoms with van der Waals surface area (Å²) in [6, 6.07) is 6.93. The zero-order valence-electron chi connectivity index (χ0n) is 18.5. The van der Waals surface area contributed by atoms with Crippen molar-refractivity contribution in [2.45, 2.75) is 58.9 Å². The maximum Gasteiger partial charge on any atom is 0.252 e. The van der Waals surface area contributed by atoms with Crippen molar-refractivity contribution in [2.75, 3.05) is 26.2 Å². The fraction of sp³-hybridized carbons (Fsp3) is 0.625. The molecule has 1 atom stereocenters. The number of nitrogens with one attached hydrogen (secondary N) is 1. The zero-order valence-corrected chi connectivity index (χ0v) is 18.5. The summed E-state index contributed by atoms with van der Waals surface area (Å²) in [6.45, 7) is 8.85. The van der Waals surface area contributed by atoms with E-state index in [1.807, 2.05) is 34.9 Å². The maximum absolute atomic E-state index is 13.3. The lowest BCUT2D eigenvalue weighted by Crippen LogP contribution is -2.54. The molecule has 164 valence electrons. The van der Waals surface area contributed by atoms with E-state index in [1.165, 1.54) is 0 Å². The van der Waals surface area contributed by atoms with Crippen LogP contribution >= 0.6 is 0 Å². The number of hydrogen-bond donors (Lipinski definition) is 1. The standard InChI is InChI=1S/C24H35N3O3/c1-17(2)16-21(28)26-14-10-19(11-15-26)22(24(30)27-12-6-7-13-27)25-23(29)20-9-5-4-8-18(20)3/h4-5,8-9,17,19,22H,6-7,10-16H2,1-3H3,(H,25,29)/t22-/m1/s1. The molecule has 0 aromatic heterocycles. The van der Waals surface area contributed by atoms with Gasteiger partial charge in [0.15, 0.2) is 0 Å². The van der Waals surface area contributed by atoms with Gasteiger partial charge in [-0.15, -0.1) is 0 Å². The van der Waals surface area contributed by atoms with Crippen molar-refractivity contribution < 1.29 is 14.4 Å². The van der Waals surface area contributed by atoms with Crippen LogP contribution in [0.5, 0.6) is 0 Å². The van der Waals surface area contributed by atoms with Crippen LogP contribution < -0.4 is 5.32 Å². The van der Waals surface area contributed by atoms with Crippen LogP contribution in [0.25, 0.3) is 0 Å². The highest BCUT2D eigenvalue weighted by molar-refractivity contribution is 5.98. The van der Waals surface area contributed by atoms with Crippen molar-refractivity contribution in [2.24, 2.45) is 11.8 Å². The van der Waals surface area contributed by atoms with E-state index in [4.69, 9.17) is 0 Å². The summed E-state index contributed by atoms with van der Waals surface area (Å²) in [7, 11) is 0. The second-order valence-corrected chi connectivity index (χ2v) is 9.11. The van der Waals surface area contributed by atoms with E-state index < -0.39 is 6.04 Å². The lowest BCUT2D eigenvalue weighted by atomic mass is 9.87. The second-order valence-electron chi connectivity index (χ2n) is 9.11. The topological polar surface area (TPSA) is 69.7 Å². The number of aryl methyl sites for hydroxylation is 1. The molecule has 0 saturated carbocycles. The van der Waals surface area contributed by atoms with Crippen molar-refractivity contribution in [1.82, 2.24) is 15.1 Å². The quantitative estimate of drug-likeness (QED) is 0.779. The number of hydrogen-bond acceptors (Lipinski definition) is 3. The van der Waals surface area contributed by atoms with Crippen LogP contribution in [-0.2, 0) is 9.59 Å². The van der Waals surface area contributed by atoms with E-state index in [-0.39, 0.29) is 23.6 Å². The second kappa shape index (κ2) is 10.1. The summed E-state index contributed by atoms with van der Waals surface area (Å²) in [6.07, 6.45) is 4.08. The predicted octanol–water partition coefficient (Wildman–Crippen LogP) is 3.00. The molecule has 2 saturated heterocycles. The van der Waals surface area contributed by atoms with E-state index in [2.05, 4.69) is 19.2 Å². The molecule has 0 bridgehead atoms. The Bertz CT molecular complexity index is 763. The molecule has 2 aliphatic heterocycles. The highest BCUT2D eigenvalue weighted by Crippen LogP contribution is 2.25. The molecule has 0 spiro atoms. The number of benzene rings is 1. The van der Waals surface area contributed by atoms with E-state index in [0.29, 0.717) is 31.0 Å². The first-order valence-electron chi connectivity index (χ1n) is 11.3. The Kier molecular flexibility index (Phi) is 7.51. The summed E-state index contributed by atoms with van der Waals surface area (Å²) >= 11 is 0.